The quantitative estimate of drug-likeness (QED) is 0.776. The molecule has 2 N–H and O–H groups in total. The first-order valence-electron chi connectivity index (χ1n) is 7.50. The number of carbonyl (C=O) groups excluding carboxylic acids is 1. The van der Waals surface area contributed by atoms with E-state index in [-0.39, 0.29) is 12.1 Å². The Bertz CT molecular complexity index is 596. The molecule has 0 spiro atoms. The summed E-state index contributed by atoms with van der Waals surface area (Å²) >= 11 is 0. The Kier molecular flexibility index (Phi) is 5.50. The van der Waals surface area contributed by atoms with Crippen LogP contribution in [0.2, 0.25) is 0 Å². The lowest BCUT2D eigenvalue weighted by Crippen LogP contribution is -2.47. The molecule has 140 valence electrons. The Labute approximate surface area is 140 Å². The van der Waals surface area contributed by atoms with Crippen molar-refractivity contribution in [2.75, 3.05) is 25.5 Å². The largest absolute Gasteiger partial charge is 0.416 e. The number of hydrogen-bond donors (Lipinski definition) is 2. The number of likely N-dealkylation sites (tertiary alicyclic amines) is 1. The van der Waals surface area contributed by atoms with Gasteiger partial charge in [0, 0.05) is 18.3 Å². The van der Waals surface area contributed by atoms with Crippen molar-refractivity contribution in [3.05, 3.63) is 29.3 Å². The van der Waals surface area contributed by atoms with Gasteiger partial charge in [-0.15, -0.1) is 0 Å². The van der Waals surface area contributed by atoms with Crippen molar-refractivity contribution < 1.29 is 31.1 Å². The zero-order valence-corrected chi connectivity index (χ0v) is 13.3. The normalized spacial score (nSPS) is 19.6. The number of nitrogens with zero attached hydrogens (tertiary/aromatic N) is 1. The fraction of sp³-hybridized carbons (Fsp3) is 0.533. The molecule has 1 aliphatic heterocycles. The summed E-state index contributed by atoms with van der Waals surface area (Å²) < 4.78 is 76.7. The highest BCUT2D eigenvalue weighted by Crippen LogP contribution is 2.37. The molecule has 0 aromatic heterocycles. The van der Waals surface area contributed by atoms with Crippen LogP contribution in [0.3, 0.4) is 0 Å². The Morgan fingerprint density at radius 1 is 1.08 bits per heavy atom. The molecule has 0 bridgehead atoms. The third-order valence-corrected chi connectivity index (χ3v) is 3.81. The number of likely N-dealkylation sites (N-methyl/N-ethyl adjacent to an activating group) is 1. The summed E-state index contributed by atoms with van der Waals surface area (Å²) in [6.45, 7) is 1.42. The van der Waals surface area contributed by atoms with Gasteiger partial charge < -0.3 is 15.5 Å². The van der Waals surface area contributed by atoms with Crippen LogP contribution in [0.25, 0.3) is 0 Å². The Morgan fingerprint density at radius 3 is 2.12 bits per heavy atom. The molecule has 1 heterocycles. The van der Waals surface area contributed by atoms with Gasteiger partial charge in [-0.3, -0.25) is 0 Å². The van der Waals surface area contributed by atoms with E-state index in [1.54, 1.807) is 0 Å². The van der Waals surface area contributed by atoms with Crippen LogP contribution in [0, 0.1) is 0 Å². The van der Waals surface area contributed by atoms with Crippen LogP contribution in [-0.4, -0.2) is 37.1 Å². The van der Waals surface area contributed by atoms with Gasteiger partial charge in [0.2, 0.25) is 0 Å². The number of carbonyl (C=O) groups is 1. The lowest BCUT2D eigenvalue weighted by atomic mass is 10.1. The van der Waals surface area contributed by atoms with Gasteiger partial charge in [0.25, 0.3) is 0 Å². The van der Waals surface area contributed by atoms with Crippen molar-refractivity contribution in [1.29, 1.82) is 0 Å². The summed E-state index contributed by atoms with van der Waals surface area (Å²) in [5.41, 5.74) is -3.52. The number of benzene rings is 1. The summed E-state index contributed by atoms with van der Waals surface area (Å²) in [6, 6.07) is -0.0950. The van der Waals surface area contributed by atoms with E-state index in [0.29, 0.717) is 25.1 Å². The second-order valence-electron chi connectivity index (χ2n) is 5.99. The minimum Gasteiger partial charge on any atom is -0.334 e. The van der Waals surface area contributed by atoms with Gasteiger partial charge in [-0.2, -0.15) is 26.3 Å². The van der Waals surface area contributed by atoms with E-state index in [0.717, 1.165) is 13.0 Å². The molecule has 2 rings (SSSR count). The van der Waals surface area contributed by atoms with Gasteiger partial charge in [-0.25, -0.2) is 4.79 Å². The topological polar surface area (TPSA) is 44.4 Å². The highest BCUT2D eigenvalue weighted by atomic mass is 19.4. The number of alkyl halides is 6. The second kappa shape index (κ2) is 7.11. The van der Waals surface area contributed by atoms with Crippen LogP contribution >= 0.6 is 0 Å². The molecule has 1 fully saturated rings. The van der Waals surface area contributed by atoms with E-state index in [1.807, 2.05) is 11.9 Å². The number of hydrogen-bond acceptors (Lipinski definition) is 2. The van der Waals surface area contributed by atoms with Gasteiger partial charge >= 0.3 is 18.4 Å². The summed E-state index contributed by atoms with van der Waals surface area (Å²) in [5, 5.41) is 4.62. The van der Waals surface area contributed by atoms with Gasteiger partial charge in [0.1, 0.15) is 0 Å². The fourth-order valence-corrected chi connectivity index (χ4v) is 2.66. The van der Waals surface area contributed by atoms with E-state index < -0.39 is 35.2 Å². The molecule has 4 nitrogen and oxygen atoms in total. The molecule has 10 heteroatoms. The Balaban J connectivity index is 2.16. The third kappa shape index (κ3) is 5.52. The number of amides is 2. The first-order chi connectivity index (χ1) is 11.4. The van der Waals surface area contributed by atoms with Gasteiger partial charge in [-0.1, -0.05) is 0 Å². The van der Waals surface area contributed by atoms with Gasteiger partial charge in [0.15, 0.2) is 0 Å². The molecule has 1 atom stereocenters. The number of piperidine rings is 1. The lowest BCUT2D eigenvalue weighted by Gasteiger charge is -2.30. The van der Waals surface area contributed by atoms with Crippen molar-refractivity contribution in [3.63, 3.8) is 0 Å². The molecule has 1 unspecified atom stereocenters. The first kappa shape index (κ1) is 19.4. The molecule has 1 aromatic rings. The monoisotopic (exact) mass is 369 g/mol. The van der Waals surface area contributed by atoms with Crippen LogP contribution < -0.4 is 10.6 Å². The lowest BCUT2D eigenvalue weighted by molar-refractivity contribution is -0.143. The van der Waals surface area contributed by atoms with Crippen molar-refractivity contribution in [3.8, 4) is 0 Å². The zero-order valence-electron chi connectivity index (χ0n) is 13.3. The highest BCUT2D eigenvalue weighted by Gasteiger charge is 2.37. The molecule has 0 saturated carbocycles. The van der Waals surface area contributed by atoms with E-state index in [2.05, 4.69) is 10.6 Å². The minimum atomic E-state index is -4.96. The predicted octanol–water partition coefficient (Wildman–Crippen LogP) is 3.94. The summed E-state index contributed by atoms with van der Waals surface area (Å²) in [6.07, 6.45) is -8.39. The molecule has 1 saturated heterocycles. The number of halogens is 6. The Hall–Kier alpha value is -1.97. The van der Waals surface area contributed by atoms with E-state index in [9.17, 15) is 31.1 Å². The van der Waals surface area contributed by atoms with Crippen molar-refractivity contribution in [1.82, 2.24) is 10.2 Å². The Morgan fingerprint density at radius 2 is 1.64 bits per heavy atom. The second-order valence-corrected chi connectivity index (χ2v) is 5.99. The summed E-state index contributed by atoms with van der Waals surface area (Å²) in [7, 11) is 1.86. The van der Waals surface area contributed by atoms with E-state index >= 15 is 0 Å². The molecular weight excluding hydrogens is 352 g/mol. The van der Waals surface area contributed by atoms with Crippen LogP contribution in [-0.2, 0) is 12.4 Å². The maximum absolute atomic E-state index is 12.8. The summed E-state index contributed by atoms with van der Waals surface area (Å²) in [4.78, 5) is 13.9. The third-order valence-electron chi connectivity index (χ3n) is 3.81. The number of rotatable bonds is 2. The first-order valence-corrected chi connectivity index (χ1v) is 7.50. The SMILES string of the molecule is CN1CCCC(NC(=O)Nc2cc(C(F)(F)F)cc(C(F)(F)F)c2)C1. The van der Waals surface area contributed by atoms with Crippen LogP contribution in [0.15, 0.2) is 18.2 Å². The minimum absolute atomic E-state index is 0.0131. The van der Waals surface area contributed by atoms with Crippen molar-refractivity contribution >= 4 is 11.7 Å². The van der Waals surface area contributed by atoms with Gasteiger partial charge in [0.05, 0.1) is 11.1 Å². The maximum Gasteiger partial charge on any atom is 0.416 e. The van der Waals surface area contributed by atoms with E-state index in [4.69, 9.17) is 0 Å². The van der Waals surface area contributed by atoms with Crippen LogP contribution in [0.1, 0.15) is 24.0 Å². The highest BCUT2D eigenvalue weighted by molar-refractivity contribution is 5.89. The van der Waals surface area contributed by atoms with Crippen LogP contribution in [0.4, 0.5) is 36.8 Å². The average molecular weight is 369 g/mol. The average Bonchev–Trinajstić information content (AvgIpc) is 2.44. The molecule has 2 amide bonds. The molecule has 1 aliphatic rings. The van der Waals surface area contributed by atoms with Crippen molar-refractivity contribution in [2.24, 2.45) is 0 Å². The van der Waals surface area contributed by atoms with Crippen molar-refractivity contribution in [2.45, 2.75) is 31.2 Å². The molecule has 0 radical (unpaired) electrons. The predicted molar refractivity (Wildman–Crippen MR) is 79.1 cm³/mol. The number of nitrogens with one attached hydrogen (secondary N) is 2. The molecule has 1 aromatic carbocycles. The fourth-order valence-electron chi connectivity index (χ4n) is 2.66. The molecular formula is C15H17F6N3O. The van der Waals surface area contributed by atoms with E-state index in [1.165, 1.54) is 0 Å². The zero-order chi connectivity index (χ0) is 18.8. The maximum atomic E-state index is 12.8. The molecule has 25 heavy (non-hydrogen) atoms. The summed E-state index contributed by atoms with van der Waals surface area (Å²) in [5.74, 6) is 0. The smallest absolute Gasteiger partial charge is 0.334 e. The number of urea groups is 1. The van der Waals surface area contributed by atoms with Crippen LogP contribution in [0.5, 0.6) is 0 Å². The number of anilines is 1. The van der Waals surface area contributed by atoms with Gasteiger partial charge in [-0.05, 0) is 44.6 Å². The standard InChI is InChI=1S/C15H17F6N3O/c1-24-4-2-3-11(8-24)22-13(25)23-12-6-9(14(16,17)18)5-10(7-12)15(19,20)21/h5-7,11H,2-4,8H2,1H3,(H2,22,23,25). The molecule has 0 aliphatic carbocycles.